The molecule has 0 unspecified atom stereocenters. The maximum atomic E-state index is 13.0. The quantitative estimate of drug-likeness (QED) is 0.791. The Bertz CT molecular complexity index is 863. The van der Waals surface area contributed by atoms with Gasteiger partial charge in [-0.1, -0.05) is 11.6 Å². The van der Waals surface area contributed by atoms with Gasteiger partial charge in [0, 0.05) is 30.9 Å². The first kappa shape index (κ1) is 20.1. The number of pyridine rings is 1. The average molecular weight is 401 g/mol. The standard InChI is InChI=1S/C21H25ClN4O2/c1-14(2)24-20(27)15-8-9-17(22)18(13-15)25-21(28)16-7-6-10-23-19(16)26-11-4-3-5-12-26/h6-10,13-14H,3-5,11-12H2,1-2H3,(H,24,27)(H,25,28). The van der Waals surface area contributed by atoms with E-state index in [0.29, 0.717) is 27.7 Å². The summed E-state index contributed by atoms with van der Waals surface area (Å²) in [5, 5.41) is 6.04. The van der Waals surface area contributed by atoms with Crippen molar-refractivity contribution in [1.29, 1.82) is 0 Å². The molecule has 2 heterocycles. The van der Waals surface area contributed by atoms with Crippen molar-refractivity contribution in [2.45, 2.75) is 39.2 Å². The van der Waals surface area contributed by atoms with E-state index in [0.717, 1.165) is 25.9 Å². The van der Waals surface area contributed by atoms with Crippen molar-refractivity contribution >= 4 is 34.9 Å². The van der Waals surface area contributed by atoms with Gasteiger partial charge in [0.1, 0.15) is 5.82 Å². The lowest BCUT2D eigenvalue weighted by molar-refractivity contribution is 0.0941. The van der Waals surface area contributed by atoms with Crippen LogP contribution in [0.25, 0.3) is 0 Å². The van der Waals surface area contributed by atoms with Gasteiger partial charge in [0.25, 0.3) is 11.8 Å². The molecule has 0 radical (unpaired) electrons. The number of halogens is 1. The number of carbonyl (C=O) groups excluding carboxylic acids is 2. The summed E-state index contributed by atoms with van der Waals surface area (Å²) in [6.07, 6.45) is 5.09. The molecule has 0 spiro atoms. The summed E-state index contributed by atoms with van der Waals surface area (Å²) in [5.74, 6) is 0.180. The molecule has 1 aromatic carbocycles. The summed E-state index contributed by atoms with van der Waals surface area (Å²) in [7, 11) is 0. The number of nitrogens with one attached hydrogen (secondary N) is 2. The lowest BCUT2D eigenvalue weighted by Gasteiger charge is -2.29. The third kappa shape index (κ3) is 4.81. The third-order valence-corrected chi connectivity index (χ3v) is 4.91. The molecule has 28 heavy (non-hydrogen) atoms. The fourth-order valence-corrected chi connectivity index (χ4v) is 3.39. The minimum Gasteiger partial charge on any atom is -0.356 e. The van der Waals surface area contributed by atoms with Crippen LogP contribution in [0.1, 0.15) is 53.8 Å². The van der Waals surface area contributed by atoms with Crippen molar-refractivity contribution < 1.29 is 9.59 Å². The Hall–Kier alpha value is -2.60. The Morgan fingerprint density at radius 1 is 1.11 bits per heavy atom. The summed E-state index contributed by atoms with van der Waals surface area (Å²) in [6.45, 7) is 5.56. The Morgan fingerprint density at radius 3 is 2.57 bits per heavy atom. The largest absolute Gasteiger partial charge is 0.356 e. The Kier molecular flexibility index (Phi) is 6.52. The van der Waals surface area contributed by atoms with Gasteiger partial charge in [-0.3, -0.25) is 9.59 Å². The van der Waals surface area contributed by atoms with Gasteiger partial charge in [-0.25, -0.2) is 4.98 Å². The van der Waals surface area contributed by atoms with Crippen LogP contribution in [0.2, 0.25) is 5.02 Å². The van der Waals surface area contributed by atoms with Crippen LogP contribution in [-0.2, 0) is 0 Å². The smallest absolute Gasteiger partial charge is 0.259 e. The molecule has 1 aliphatic rings. The van der Waals surface area contributed by atoms with Crippen LogP contribution < -0.4 is 15.5 Å². The van der Waals surface area contributed by atoms with E-state index >= 15 is 0 Å². The third-order valence-electron chi connectivity index (χ3n) is 4.58. The zero-order chi connectivity index (χ0) is 20.1. The van der Waals surface area contributed by atoms with Gasteiger partial charge in [-0.05, 0) is 63.4 Å². The number of hydrogen-bond acceptors (Lipinski definition) is 4. The van der Waals surface area contributed by atoms with Crippen LogP contribution in [0.15, 0.2) is 36.5 Å². The lowest BCUT2D eigenvalue weighted by Crippen LogP contribution is -2.32. The van der Waals surface area contributed by atoms with E-state index in [-0.39, 0.29) is 17.9 Å². The van der Waals surface area contributed by atoms with E-state index in [1.165, 1.54) is 6.42 Å². The first-order valence-corrected chi connectivity index (χ1v) is 9.95. The molecule has 1 fully saturated rings. The van der Waals surface area contributed by atoms with Gasteiger partial charge in [0.15, 0.2) is 0 Å². The summed E-state index contributed by atoms with van der Waals surface area (Å²) in [6, 6.07) is 8.37. The second kappa shape index (κ2) is 9.06. The van der Waals surface area contributed by atoms with Crippen molar-refractivity contribution in [2.24, 2.45) is 0 Å². The molecule has 7 heteroatoms. The predicted molar refractivity (Wildman–Crippen MR) is 112 cm³/mol. The van der Waals surface area contributed by atoms with Crippen molar-refractivity contribution in [1.82, 2.24) is 10.3 Å². The molecular weight excluding hydrogens is 376 g/mol. The Balaban J connectivity index is 1.83. The van der Waals surface area contributed by atoms with E-state index in [4.69, 9.17) is 11.6 Å². The van der Waals surface area contributed by atoms with Crippen LogP contribution in [0.5, 0.6) is 0 Å². The van der Waals surface area contributed by atoms with Crippen molar-refractivity contribution in [3.05, 3.63) is 52.7 Å². The second-order valence-electron chi connectivity index (χ2n) is 7.20. The summed E-state index contributed by atoms with van der Waals surface area (Å²) in [4.78, 5) is 31.8. The highest BCUT2D eigenvalue weighted by atomic mass is 35.5. The molecule has 148 valence electrons. The number of carbonyl (C=O) groups is 2. The zero-order valence-electron chi connectivity index (χ0n) is 16.2. The monoisotopic (exact) mass is 400 g/mol. The highest BCUT2D eigenvalue weighted by molar-refractivity contribution is 6.34. The molecule has 1 aliphatic heterocycles. The fourth-order valence-electron chi connectivity index (χ4n) is 3.23. The molecule has 2 amide bonds. The number of piperidine rings is 1. The molecular formula is C21H25ClN4O2. The molecule has 6 nitrogen and oxygen atoms in total. The number of benzene rings is 1. The average Bonchev–Trinajstić information content (AvgIpc) is 2.69. The molecule has 0 atom stereocenters. The number of nitrogens with zero attached hydrogens (tertiary/aromatic N) is 2. The van der Waals surface area contributed by atoms with Crippen molar-refractivity contribution in [2.75, 3.05) is 23.3 Å². The van der Waals surface area contributed by atoms with Gasteiger partial charge < -0.3 is 15.5 Å². The zero-order valence-corrected chi connectivity index (χ0v) is 16.9. The highest BCUT2D eigenvalue weighted by Gasteiger charge is 2.20. The van der Waals surface area contributed by atoms with E-state index < -0.39 is 0 Å². The first-order chi connectivity index (χ1) is 13.5. The van der Waals surface area contributed by atoms with E-state index in [1.807, 2.05) is 13.8 Å². The maximum Gasteiger partial charge on any atom is 0.259 e. The number of amides is 2. The van der Waals surface area contributed by atoms with Gasteiger partial charge in [0.05, 0.1) is 16.3 Å². The van der Waals surface area contributed by atoms with Crippen LogP contribution >= 0.6 is 11.6 Å². The van der Waals surface area contributed by atoms with Gasteiger partial charge in [0.2, 0.25) is 0 Å². The van der Waals surface area contributed by atoms with E-state index in [9.17, 15) is 9.59 Å². The number of rotatable bonds is 5. The van der Waals surface area contributed by atoms with Crippen molar-refractivity contribution in [3.8, 4) is 0 Å². The van der Waals surface area contributed by atoms with E-state index in [2.05, 4.69) is 20.5 Å². The summed E-state index contributed by atoms with van der Waals surface area (Å²) in [5.41, 5.74) is 1.34. The lowest BCUT2D eigenvalue weighted by atomic mass is 10.1. The topological polar surface area (TPSA) is 74.3 Å². The first-order valence-electron chi connectivity index (χ1n) is 9.57. The van der Waals surface area contributed by atoms with Crippen LogP contribution in [-0.4, -0.2) is 35.9 Å². The summed E-state index contributed by atoms with van der Waals surface area (Å²) >= 11 is 6.25. The van der Waals surface area contributed by atoms with Crippen LogP contribution in [0.4, 0.5) is 11.5 Å². The van der Waals surface area contributed by atoms with E-state index in [1.54, 1.807) is 36.5 Å². The van der Waals surface area contributed by atoms with Crippen LogP contribution in [0, 0.1) is 0 Å². The van der Waals surface area contributed by atoms with Crippen LogP contribution in [0.3, 0.4) is 0 Å². The number of anilines is 2. The second-order valence-corrected chi connectivity index (χ2v) is 7.61. The molecule has 0 saturated carbocycles. The molecule has 1 aromatic heterocycles. The maximum absolute atomic E-state index is 13.0. The SMILES string of the molecule is CC(C)NC(=O)c1ccc(Cl)c(NC(=O)c2cccnc2N2CCCCC2)c1. The summed E-state index contributed by atoms with van der Waals surface area (Å²) < 4.78 is 0. The molecule has 2 N–H and O–H groups in total. The minimum absolute atomic E-state index is 0.0173. The van der Waals surface area contributed by atoms with Gasteiger partial charge >= 0.3 is 0 Å². The molecule has 0 aliphatic carbocycles. The predicted octanol–water partition coefficient (Wildman–Crippen LogP) is 4.12. The normalized spacial score (nSPS) is 14.1. The number of hydrogen-bond donors (Lipinski definition) is 2. The molecule has 2 aromatic rings. The Morgan fingerprint density at radius 2 is 1.86 bits per heavy atom. The Labute approximate surface area is 170 Å². The van der Waals surface area contributed by atoms with Gasteiger partial charge in [-0.2, -0.15) is 0 Å². The van der Waals surface area contributed by atoms with Crippen molar-refractivity contribution in [3.63, 3.8) is 0 Å². The molecule has 3 rings (SSSR count). The highest BCUT2D eigenvalue weighted by Crippen LogP contribution is 2.26. The fraction of sp³-hybridized carbons (Fsp3) is 0.381. The number of aromatic nitrogens is 1. The van der Waals surface area contributed by atoms with Gasteiger partial charge in [-0.15, -0.1) is 0 Å². The molecule has 1 saturated heterocycles. The minimum atomic E-state index is -0.294. The molecule has 0 bridgehead atoms.